The van der Waals surface area contributed by atoms with E-state index in [-0.39, 0.29) is 10.8 Å². The molecule has 1 fully saturated rings. The Morgan fingerprint density at radius 1 is 1.39 bits per heavy atom. The standard InChI is InChI=1S/C13H9ClFN3/c14-13-9(7-16)12(8-5-6-8)17-18(13)11-4-2-1-3-10(11)15/h1-4,8H,5-6H2. The fraction of sp³-hybridized carbons (Fsp3) is 0.231. The maximum atomic E-state index is 13.7. The number of benzene rings is 1. The first-order valence-corrected chi connectivity index (χ1v) is 6.03. The van der Waals surface area contributed by atoms with E-state index < -0.39 is 5.82 Å². The molecule has 0 amide bonds. The molecule has 90 valence electrons. The Morgan fingerprint density at radius 3 is 2.72 bits per heavy atom. The van der Waals surface area contributed by atoms with Gasteiger partial charge in [-0.25, -0.2) is 9.07 Å². The molecule has 1 aliphatic carbocycles. The van der Waals surface area contributed by atoms with Crippen LogP contribution in [0.15, 0.2) is 24.3 Å². The van der Waals surface area contributed by atoms with Crippen LogP contribution in [0.5, 0.6) is 0 Å². The van der Waals surface area contributed by atoms with Crippen molar-refractivity contribution >= 4 is 11.6 Å². The summed E-state index contributed by atoms with van der Waals surface area (Å²) in [6.07, 6.45) is 2.03. The largest absolute Gasteiger partial charge is 0.218 e. The highest BCUT2D eigenvalue weighted by Crippen LogP contribution is 2.42. The maximum absolute atomic E-state index is 13.7. The Bertz CT molecular complexity index is 653. The van der Waals surface area contributed by atoms with E-state index in [0.29, 0.717) is 17.2 Å². The minimum Gasteiger partial charge on any atom is -0.218 e. The number of aromatic nitrogens is 2. The van der Waals surface area contributed by atoms with E-state index in [1.54, 1.807) is 18.2 Å². The van der Waals surface area contributed by atoms with Crippen LogP contribution in [0.1, 0.15) is 30.0 Å². The molecule has 1 aliphatic rings. The van der Waals surface area contributed by atoms with Gasteiger partial charge in [0.2, 0.25) is 0 Å². The summed E-state index contributed by atoms with van der Waals surface area (Å²) in [4.78, 5) is 0. The van der Waals surface area contributed by atoms with Crippen LogP contribution in [0.3, 0.4) is 0 Å². The van der Waals surface area contributed by atoms with Gasteiger partial charge in [-0.3, -0.25) is 0 Å². The third-order valence-corrected chi connectivity index (χ3v) is 3.36. The number of hydrogen-bond donors (Lipinski definition) is 0. The van der Waals surface area contributed by atoms with E-state index in [2.05, 4.69) is 11.2 Å². The molecule has 0 saturated heterocycles. The van der Waals surface area contributed by atoms with Gasteiger partial charge in [-0.15, -0.1) is 0 Å². The molecule has 1 aromatic heterocycles. The molecule has 0 atom stereocenters. The van der Waals surface area contributed by atoms with Crippen LogP contribution in [-0.2, 0) is 0 Å². The van der Waals surface area contributed by atoms with Gasteiger partial charge in [0.1, 0.15) is 23.1 Å². The zero-order chi connectivity index (χ0) is 12.7. The number of halogens is 2. The second kappa shape index (κ2) is 4.11. The van der Waals surface area contributed by atoms with Gasteiger partial charge in [-0.05, 0) is 25.0 Å². The Labute approximate surface area is 108 Å². The van der Waals surface area contributed by atoms with Gasteiger partial charge in [0.15, 0.2) is 5.15 Å². The minimum atomic E-state index is -0.409. The second-order valence-electron chi connectivity index (χ2n) is 4.30. The summed E-state index contributed by atoms with van der Waals surface area (Å²) < 4.78 is 15.0. The predicted octanol–water partition coefficient (Wildman–Crippen LogP) is 3.41. The molecule has 1 heterocycles. The van der Waals surface area contributed by atoms with E-state index in [0.717, 1.165) is 12.8 Å². The van der Waals surface area contributed by atoms with E-state index in [9.17, 15) is 4.39 Å². The van der Waals surface area contributed by atoms with E-state index in [1.165, 1.54) is 10.7 Å². The lowest BCUT2D eigenvalue weighted by atomic mass is 10.2. The molecule has 3 rings (SSSR count). The Hall–Kier alpha value is -1.86. The van der Waals surface area contributed by atoms with Crippen molar-refractivity contribution in [1.29, 1.82) is 5.26 Å². The molecular weight excluding hydrogens is 253 g/mol. The second-order valence-corrected chi connectivity index (χ2v) is 4.66. The lowest BCUT2D eigenvalue weighted by Gasteiger charge is -2.03. The highest BCUT2D eigenvalue weighted by atomic mass is 35.5. The summed E-state index contributed by atoms with van der Waals surface area (Å²) in [5.74, 6) is -0.112. The summed E-state index contributed by atoms with van der Waals surface area (Å²) >= 11 is 6.12. The Balaban J connectivity index is 2.19. The van der Waals surface area contributed by atoms with Gasteiger partial charge < -0.3 is 0 Å². The average Bonchev–Trinajstić information content (AvgIpc) is 3.15. The molecule has 2 aromatic rings. The van der Waals surface area contributed by atoms with Gasteiger partial charge >= 0.3 is 0 Å². The number of rotatable bonds is 2. The SMILES string of the molecule is N#Cc1c(C2CC2)nn(-c2ccccc2F)c1Cl. The fourth-order valence-corrected chi connectivity index (χ4v) is 2.21. The molecule has 0 unspecified atom stereocenters. The van der Waals surface area contributed by atoms with Crippen molar-refractivity contribution < 1.29 is 4.39 Å². The van der Waals surface area contributed by atoms with Crippen LogP contribution in [0.2, 0.25) is 5.15 Å². The van der Waals surface area contributed by atoms with Crippen molar-refractivity contribution in [1.82, 2.24) is 9.78 Å². The smallest absolute Gasteiger partial charge is 0.151 e. The third-order valence-electron chi connectivity index (χ3n) is 3.01. The van der Waals surface area contributed by atoms with Crippen molar-refractivity contribution in [3.05, 3.63) is 46.5 Å². The molecule has 0 aliphatic heterocycles. The highest BCUT2D eigenvalue weighted by Gasteiger charge is 2.32. The molecule has 1 saturated carbocycles. The number of nitriles is 1. The van der Waals surface area contributed by atoms with E-state index in [1.807, 2.05) is 0 Å². The van der Waals surface area contributed by atoms with Crippen LogP contribution in [0, 0.1) is 17.1 Å². The molecule has 0 bridgehead atoms. The third kappa shape index (κ3) is 1.68. The summed E-state index contributed by atoms with van der Waals surface area (Å²) in [7, 11) is 0. The minimum absolute atomic E-state index is 0.185. The van der Waals surface area contributed by atoms with Crippen molar-refractivity contribution in [3.8, 4) is 11.8 Å². The van der Waals surface area contributed by atoms with Crippen molar-refractivity contribution in [2.45, 2.75) is 18.8 Å². The molecule has 0 radical (unpaired) electrons. The van der Waals surface area contributed by atoms with Gasteiger partial charge in [0.25, 0.3) is 0 Å². The first kappa shape index (κ1) is 11.2. The lowest BCUT2D eigenvalue weighted by molar-refractivity contribution is 0.610. The van der Waals surface area contributed by atoms with Gasteiger partial charge in [-0.1, -0.05) is 23.7 Å². The summed E-state index contributed by atoms with van der Waals surface area (Å²) in [5.41, 5.74) is 1.32. The monoisotopic (exact) mass is 261 g/mol. The van der Waals surface area contributed by atoms with Gasteiger partial charge in [0, 0.05) is 5.92 Å². The molecule has 5 heteroatoms. The fourth-order valence-electron chi connectivity index (χ4n) is 1.94. The van der Waals surface area contributed by atoms with Crippen molar-refractivity contribution in [2.24, 2.45) is 0 Å². The normalized spacial score (nSPS) is 14.5. The molecule has 0 N–H and O–H groups in total. The topological polar surface area (TPSA) is 41.6 Å². The number of hydrogen-bond acceptors (Lipinski definition) is 2. The van der Waals surface area contributed by atoms with Crippen LogP contribution in [0.4, 0.5) is 4.39 Å². The zero-order valence-corrected chi connectivity index (χ0v) is 10.2. The Morgan fingerprint density at radius 2 is 2.11 bits per heavy atom. The first-order chi connectivity index (χ1) is 8.72. The summed E-state index contributed by atoms with van der Waals surface area (Å²) in [5, 5.41) is 13.6. The van der Waals surface area contributed by atoms with Crippen molar-refractivity contribution in [3.63, 3.8) is 0 Å². The molecular formula is C13H9ClFN3. The van der Waals surface area contributed by atoms with Crippen LogP contribution < -0.4 is 0 Å². The molecule has 18 heavy (non-hydrogen) atoms. The Kier molecular flexibility index (Phi) is 2.57. The summed E-state index contributed by atoms with van der Waals surface area (Å²) in [6.45, 7) is 0. The summed E-state index contributed by atoms with van der Waals surface area (Å²) in [6, 6.07) is 8.30. The first-order valence-electron chi connectivity index (χ1n) is 5.65. The number of para-hydroxylation sites is 1. The maximum Gasteiger partial charge on any atom is 0.151 e. The number of nitrogens with zero attached hydrogens (tertiary/aromatic N) is 3. The zero-order valence-electron chi connectivity index (χ0n) is 9.40. The van der Waals surface area contributed by atoms with Gasteiger partial charge in [-0.2, -0.15) is 10.4 Å². The molecule has 1 aromatic carbocycles. The molecule has 3 nitrogen and oxygen atoms in total. The van der Waals surface area contributed by atoms with E-state index in [4.69, 9.17) is 16.9 Å². The quantitative estimate of drug-likeness (QED) is 0.831. The van der Waals surface area contributed by atoms with Crippen LogP contribution in [0.25, 0.3) is 5.69 Å². The van der Waals surface area contributed by atoms with Crippen molar-refractivity contribution in [2.75, 3.05) is 0 Å². The molecule has 0 spiro atoms. The van der Waals surface area contributed by atoms with Gasteiger partial charge in [0.05, 0.1) is 5.69 Å². The lowest BCUT2D eigenvalue weighted by Crippen LogP contribution is -2.00. The van der Waals surface area contributed by atoms with E-state index >= 15 is 0 Å². The predicted molar refractivity (Wildman–Crippen MR) is 65.2 cm³/mol. The van der Waals surface area contributed by atoms with Crippen LogP contribution in [-0.4, -0.2) is 9.78 Å². The van der Waals surface area contributed by atoms with Crippen LogP contribution >= 0.6 is 11.6 Å². The average molecular weight is 262 g/mol. The highest BCUT2D eigenvalue weighted by molar-refractivity contribution is 6.31.